The molecule has 0 aliphatic carbocycles. The molecule has 0 saturated carbocycles. The van der Waals surface area contributed by atoms with Crippen LogP contribution in [0.25, 0.3) is 0 Å². The lowest BCUT2D eigenvalue weighted by atomic mass is 10.2. The zero-order valence-electron chi connectivity index (χ0n) is 16.1. The fraction of sp³-hybridized carbons (Fsp3) is 0.190. The van der Waals surface area contributed by atoms with Crippen LogP contribution in [0, 0.1) is 11.6 Å². The van der Waals surface area contributed by atoms with Crippen LogP contribution in [-0.4, -0.2) is 29.0 Å². The van der Waals surface area contributed by atoms with Crippen LogP contribution >= 0.6 is 0 Å². The SMILES string of the molecule is CCN(CC)c1ccc(NC(=O)c2cnc(Nc3c(F)cccc3F)nc2)cc1. The standard InChI is InChI=1S/C21H21F2N5O/c1-3-28(4-2)16-10-8-15(9-11-16)26-20(29)14-12-24-21(25-13-14)27-19-17(22)6-5-7-18(19)23/h5-13H,3-4H2,1-2H3,(H,26,29)(H,24,25,27). The Hall–Kier alpha value is -3.55. The third-order valence-corrected chi connectivity index (χ3v) is 4.37. The predicted molar refractivity (Wildman–Crippen MR) is 110 cm³/mol. The number of nitrogens with zero attached hydrogens (tertiary/aromatic N) is 3. The molecule has 0 aliphatic heterocycles. The van der Waals surface area contributed by atoms with Gasteiger partial charge in [-0.25, -0.2) is 18.7 Å². The summed E-state index contributed by atoms with van der Waals surface area (Å²) < 4.78 is 27.4. The molecule has 29 heavy (non-hydrogen) atoms. The molecular weight excluding hydrogens is 376 g/mol. The van der Waals surface area contributed by atoms with E-state index >= 15 is 0 Å². The number of anilines is 4. The van der Waals surface area contributed by atoms with E-state index in [4.69, 9.17) is 0 Å². The molecule has 3 aromatic rings. The maximum Gasteiger partial charge on any atom is 0.258 e. The highest BCUT2D eigenvalue weighted by atomic mass is 19.1. The number of rotatable bonds is 7. The molecule has 0 fully saturated rings. The van der Waals surface area contributed by atoms with Crippen molar-refractivity contribution in [3.8, 4) is 0 Å². The molecule has 0 atom stereocenters. The van der Waals surface area contributed by atoms with Crippen molar-refractivity contribution < 1.29 is 13.6 Å². The fourth-order valence-corrected chi connectivity index (χ4v) is 2.79. The number of aromatic nitrogens is 2. The average Bonchev–Trinajstić information content (AvgIpc) is 2.73. The molecule has 3 rings (SSSR count). The third kappa shape index (κ3) is 4.84. The first kappa shape index (κ1) is 20.2. The average molecular weight is 397 g/mol. The number of carbonyl (C=O) groups is 1. The molecule has 1 heterocycles. The molecule has 2 N–H and O–H groups in total. The van der Waals surface area contributed by atoms with Gasteiger partial charge in [-0.3, -0.25) is 4.79 Å². The van der Waals surface area contributed by atoms with Gasteiger partial charge in [-0.1, -0.05) is 6.07 Å². The zero-order chi connectivity index (χ0) is 20.8. The number of nitrogens with one attached hydrogen (secondary N) is 2. The van der Waals surface area contributed by atoms with Gasteiger partial charge >= 0.3 is 0 Å². The summed E-state index contributed by atoms with van der Waals surface area (Å²) in [5.74, 6) is -1.93. The molecular formula is C21H21F2N5O. The van der Waals surface area contributed by atoms with Crippen molar-refractivity contribution in [2.75, 3.05) is 28.6 Å². The van der Waals surface area contributed by atoms with Gasteiger partial charge in [0.2, 0.25) is 5.95 Å². The summed E-state index contributed by atoms with van der Waals surface area (Å²) in [6.07, 6.45) is 2.57. The lowest BCUT2D eigenvalue weighted by Crippen LogP contribution is -2.21. The largest absolute Gasteiger partial charge is 0.372 e. The highest BCUT2D eigenvalue weighted by Crippen LogP contribution is 2.21. The Morgan fingerprint density at radius 1 is 0.966 bits per heavy atom. The quantitative estimate of drug-likeness (QED) is 0.610. The normalized spacial score (nSPS) is 10.5. The Bertz CT molecular complexity index is 953. The Balaban J connectivity index is 1.66. The van der Waals surface area contributed by atoms with Crippen molar-refractivity contribution in [2.24, 2.45) is 0 Å². The first-order chi connectivity index (χ1) is 14.0. The second kappa shape index (κ2) is 9.09. The summed E-state index contributed by atoms with van der Waals surface area (Å²) in [7, 11) is 0. The van der Waals surface area contributed by atoms with Crippen molar-refractivity contribution in [3.63, 3.8) is 0 Å². The van der Waals surface area contributed by atoms with Gasteiger partial charge in [0, 0.05) is 36.9 Å². The number of hydrogen-bond donors (Lipinski definition) is 2. The summed E-state index contributed by atoms with van der Waals surface area (Å²) in [6, 6.07) is 11.0. The summed E-state index contributed by atoms with van der Waals surface area (Å²) in [5, 5.41) is 5.25. The molecule has 8 heteroatoms. The molecule has 0 unspecified atom stereocenters. The summed E-state index contributed by atoms with van der Waals surface area (Å²) in [4.78, 5) is 22.5. The van der Waals surface area contributed by atoms with Gasteiger partial charge in [0.15, 0.2) is 0 Å². The fourth-order valence-electron chi connectivity index (χ4n) is 2.79. The van der Waals surface area contributed by atoms with Crippen molar-refractivity contribution in [1.29, 1.82) is 0 Å². The summed E-state index contributed by atoms with van der Waals surface area (Å²) in [6.45, 7) is 5.96. The highest BCUT2D eigenvalue weighted by molar-refractivity contribution is 6.04. The minimum Gasteiger partial charge on any atom is -0.372 e. The van der Waals surface area contributed by atoms with Gasteiger partial charge in [0.1, 0.15) is 17.3 Å². The number of hydrogen-bond acceptors (Lipinski definition) is 5. The zero-order valence-corrected chi connectivity index (χ0v) is 16.1. The molecule has 1 amide bonds. The first-order valence-electron chi connectivity index (χ1n) is 9.21. The van der Waals surface area contributed by atoms with E-state index in [1.165, 1.54) is 18.5 Å². The van der Waals surface area contributed by atoms with Crippen LogP contribution in [0.2, 0.25) is 0 Å². The monoisotopic (exact) mass is 397 g/mol. The molecule has 150 valence electrons. The number of benzene rings is 2. The van der Waals surface area contributed by atoms with E-state index in [9.17, 15) is 13.6 Å². The molecule has 0 aliphatic rings. The van der Waals surface area contributed by atoms with Crippen LogP contribution in [0.1, 0.15) is 24.2 Å². The Morgan fingerprint density at radius 3 is 2.10 bits per heavy atom. The second-order valence-electron chi connectivity index (χ2n) is 6.19. The van der Waals surface area contributed by atoms with Crippen molar-refractivity contribution >= 4 is 28.9 Å². The first-order valence-corrected chi connectivity index (χ1v) is 9.21. The minimum absolute atomic E-state index is 0.0193. The topological polar surface area (TPSA) is 70.2 Å². The van der Waals surface area contributed by atoms with Gasteiger partial charge < -0.3 is 15.5 Å². The molecule has 1 aromatic heterocycles. The summed E-state index contributed by atoms with van der Waals surface area (Å²) >= 11 is 0. The predicted octanol–water partition coefficient (Wildman–Crippen LogP) is 4.60. The molecule has 0 bridgehead atoms. The smallest absolute Gasteiger partial charge is 0.258 e. The van der Waals surface area contributed by atoms with Crippen molar-refractivity contribution in [2.45, 2.75) is 13.8 Å². The number of halogens is 2. The number of carbonyl (C=O) groups excluding carboxylic acids is 1. The van der Waals surface area contributed by atoms with E-state index in [0.29, 0.717) is 5.69 Å². The van der Waals surface area contributed by atoms with Crippen LogP contribution in [0.15, 0.2) is 54.9 Å². The number of para-hydroxylation sites is 1. The van der Waals surface area contributed by atoms with E-state index in [0.717, 1.165) is 30.9 Å². The molecule has 0 spiro atoms. The Labute approximate surface area is 167 Å². The third-order valence-electron chi connectivity index (χ3n) is 4.37. The van der Waals surface area contributed by atoms with Crippen LogP contribution in [0.3, 0.4) is 0 Å². The molecule has 6 nitrogen and oxygen atoms in total. The molecule has 2 aromatic carbocycles. The van der Waals surface area contributed by atoms with E-state index in [1.54, 1.807) is 0 Å². The molecule has 0 radical (unpaired) electrons. The maximum atomic E-state index is 13.7. The van der Waals surface area contributed by atoms with Gasteiger partial charge in [0.25, 0.3) is 5.91 Å². The van der Waals surface area contributed by atoms with Gasteiger partial charge in [-0.15, -0.1) is 0 Å². The van der Waals surface area contributed by atoms with Crippen LogP contribution in [0.5, 0.6) is 0 Å². The van der Waals surface area contributed by atoms with Crippen LogP contribution in [-0.2, 0) is 0 Å². The second-order valence-corrected chi connectivity index (χ2v) is 6.19. The van der Waals surface area contributed by atoms with Crippen molar-refractivity contribution in [1.82, 2.24) is 9.97 Å². The van der Waals surface area contributed by atoms with E-state index in [2.05, 4.69) is 39.3 Å². The Morgan fingerprint density at radius 2 is 1.55 bits per heavy atom. The lowest BCUT2D eigenvalue weighted by molar-refractivity contribution is 0.102. The Kier molecular flexibility index (Phi) is 6.33. The highest BCUT2D eigenvalue weighted by Gasteiger charge is 2.12. The minimum atomic E-state index is -0.761. The van der Waals surface area contributed by atoms with Gasteiger partial charge in [0.05, 0.1) is 5.56 Å². The van der Waals surface area contributed by atoms with E-state index in [1.807, 2.05) is 24.3 Å². The van der Waals surface area contributed by atoms with Gasteiger partial charge in [-0.05, 0) is 50.2 Å². The van der Waals surface area contributed by atoms with Gasteiger partial charge in [-0.2, -0.15) is 0 Å². The van der Waals surface area contributed by atoms with E-state index in [-0.39, 0.29) is 23.1 Å². The van der Waals surface area contributed by atoms with Crippen LogP contribution in [0.4, 0.5) is 31.8 Å². The van der Waals surface area contributed by atoms with Crippen molar-refractivity contribution in [3.05, 3.63) is 72.1 Å². The van der Waals surface area contributed by atoms with Crippen LogP contribution < -0.4 is 15.5 Å². The summed E-state index contributed by atoms with van der Waals surface area (Å²) in [5.41, 5.74) is 1.59. The molecule has 0 saturated heterocycles. The van der Waals surface area contributed by atoms with E-state index < -0.39 is 11.6 Å². The lowest BCUT2D eigenvalue weighted by Gasteiger charge is -2.21. The number of amides is 1. The maximum absolute atomic E-state index is 13.7.